The van der Waals surface area contributed by atoms with Crippen LogP contribution in [0, 0.1) is 0 Å². The molecule has 6 heteroatoms. The lowest BCUT2D eigenvalue weighted by molar-refractivity contribution is -0.148. The van der Waals surface area contributed by atoms with E-state index in [4.69, 9.17) is 11.6 Å². The first-order valence-electron chi connectivity index (χ1n) is 5.84. The Labute approximate surface area is 115 Å². The van der Waals surface area contributed by atoms with E-state index in [1.807, 2.05) is 12.1 Å². The summed E-state index contributed by atoms with van der Waals surface area (Å²) in [7, 11) is 0. The molecule has 0 saturated carbocycles. The SMILES string of the molecule is CC1NC(=O)C(C)N(CCc2ccc(Cl)s2)C1=O. The Balaban J connectivity index is 2.02. The van der Waals surface area contributed by atoms with Crippen LogP contribution < -0.4 is 5.32 Å². The Kier molecular flexibility index (Phi) is 3.92. The molecule has 98 valence electrons. The van der Waals surface area contributed by atoms with Crippen molar-refractivity contribution in [2.45, 2.75) is 32.4 Å². The fraction of sp³-hybridized carbons (Fsp3) is 0.500. The summed E-state index contributed by atoms with van der Waals surface area (Å²) in [6, 6.07) is 2.97. The van der Waals surface area contributed by atoms with Crippen molar-refractivity contribution in [1.29, 1.82) is 0 Å². The summed E-state index contributed by atoms with van der Waals surface area (Å²) in [4.78, 5) is 26.4. The topological polar surface area (TPSA) is 49.4 Å². The Morgan fingerprint density at radius 2 is 2.11 bits per heavy atom. The van der Waals surface area contributed by atoms with Crippen molar-refractivity contribution in [1.82, 2.24) is 10.2 Å². The van der Waals surface area contributed by atoms with Crippen LogP contribution >= 0.6 is 22.9 Å². The van der Waals surface area contributed by atoms with Crippen LogP contribution in [0.3, 0.4) is 0 Å². The highest BCUT2D eigenvalue weighted by atomic mass is 35.5. The summed E-state index contributed by atoms with van der Waals surface area (Å²) in [6.07, 6.45) is 0.730. The first-order valence-corrected chi connectivity index (χ1v) is 7.03. The molecule has 1 aromatic heterocycles. The molecule has 0 radical (unpaired) electrons. The van der Waals surface area contributed by atoms with Gasteiger partial charge in [0.2, 0.25) is 11.8 Å². The summed E-state index contributed by atoms with van der Waals surface area (Å²) >= 11 is 7.37. The van der Waals surface area contributed by atoms with Crippen LogP contribution in [0.5, 0.6) is 0 Å². The molecule has 0 aromatic carbocycles. The molecule has 1 aliphatic rings. The molecule has 0 spiro atoms. The summed E-state index contributed by atoms with van der Waals surface area (Å²) in [6.45, 7) is 4.01. The number of halogens is 1. The normalized spacial score (nSPS) is 24.3. The fourth-order valence-electron chi connectivity index (χ4n) is 2.00. The third-order valence-corrected chi connectivity index (χ3v) is 4.38. The molecule has 2 atom stereocenters. The smallest absolute Gasteiger partial charge is 0.245 e. The predicted molar refractivity (Wildman–Crippen MR) is 71.8 cm³/mol. The number of amides is 2. The zero-order chi connectivity index (χ0) is 13.3. The van der Waals surface area contributed by atoms with Crippen molar-refractivity contribution in [2.75, 3.05) is 6.54 Å². The molecule has 0 aliphatic carbocycles. The minimum atomic E-state index is -0.430. The second-order valence-electron chi connectivity index (χ2n) is 4.39. The summed E-state index contributed by atoms with van der Waals surface area (Å²) < 4.78 is 0.745. The minimum Gasteiger partial charge on any atom is -0.343 e. The van der Waals surface area contributed by atoms with Crippen molar-refractivity contribution < 1.29 is 9.59 Å². The maximum Gasteiger partial charge on any atom is 0.245 e. The van der Waals surface area contributed by atoms with Crippen molar-refractivity contribution in [2.24, 2.45) is 0 Å². The molecule has 1 aromatic rings. The monoisotopic (exact) mass is 286 g/mol. The Morgan fingerprint density at radius 3 is 2.72 bits per heavy atom. The first-order chi connectivity index (χ1) is 8.49. The van der Waals surface area contributed by atoms with Crippen molar-refractivity contribution in [3.63, 3.8) is 0 Å². The van der Waals surface area contributed by atoms with Crippen molar-refractivity contribution >= 4 is 34.8 Å². The van der Waals surface area contributed by atoms with Crippen LogP contribution in [0.2, 0.25) is 4.34 Å². The van der Waals surface area contributed by atoms with Gasteiger partial charge in [0.15, 0.2) is 0 Å². The number of nitrogens with zero attached hydrogens (tertiary/aromatic N) is 1. The van der Waals surface area contributed by atoms with E-state index in [0.29, 0.717) is 6.54 Å². The summed E-state index contributed by atoms with van der Waals surface area (Å²) in [5.41, 5.74) is 0. The van der Waals surface area contributed by atoms with Gasteiger partial charge in [0.25, 0.3) is 0 Å². The molecule has 1 saturated heterocycles. The van der Waals surface area contributed by atoms with E-state index in [9.17, 15) is 9.59 Å². The summed E-state index contributed by atoms with van der Waals surface area (Å²) in [5, 5.41) is 2.66. The van der Waals surface area contributed by atoms with Gasteiger partial charge in [0, 0.05) is 11.4 Å². The van der Waals surface area contributed by atoms with E-state index in [1.54, 1.807) is 18.7 Å². The lowest BCUT2D eigenvalue weighted by atomic mass is 10.1. The number of carbonyl (C=O) groups is 2. The molecule has 18 heavy (non-hydrogen) atoms. The van der Waals surface area contributed by atoms with Crippen molar-refractivity contribution in [3.8, 4) is 0 Å². The second kappa shape index (κ2) is 5.28. The molecule has 1 aliphatic heterocycles. The van der Waals surface area contributed by atoms with Crippen molar-refractivity contribution in [3.05, 3.63) is 21.3 Å². The van der Waals surface area contributed by atoms with Gasteiger partial charge in [-0.2, -0.15) is 0 Å². The Hall–Kier alpha value is -1.07. The molecule has 0 bridgehead atoms. The lowest BCUT2D eigenvalue weighted by Gasteiger charge is -2.36. The van der Waals surface area contributed by atoms with Crippen LogP contribution in [0.4, 0.5) is 0 Å². The maximum absolute atomic E-state index is 12.0. The Bertz CT molecular complexity index is 474. The van der Waals surface area contributed by atoms with Crippen LogP contribution in [0.15, 0.2) is 12.1 Å². The van der Waals surface area contributed by atoms with Gasteiger partial charge in [-0.05, 0) is 32.4 Å². The molecule has 2 rings (SSSR count). The molecule has 2 unspecified atom stereocenters. The van der Waals surface area contributed by atoms with Gasteiger partial charge in [-0.15, -0.1) is 11.3 Å². The van der Waals surface area contributed by atoms with E-state index in [0.717, 1.165) is 15.6 Å². The Morgan fingerprint density at radius 1 is 1.39 bits per heavy atom. The molecule has 1 N–H and O–H groups in total. The third-order valence-electron chi connectivity index (χ3n) is 3.09. The standard InChI is InChI=1S/C12H15ClN2O2S/c1-7-12(17)15(8(2)11(16)14-7)6-5-9-3-4-10(13)18-9/h3-4,7-8H,5-6H2,1-2H3,(H,14,16). The van der Waals surface area contributed by atoms with Crippen LogP contribution in [-0.4, -0.2) is 35.3 Å². The lowest BCUT2D eigenvalue weighted by Crippen LogP contribution is -2.61. The fourth-order valence-corrected chi connectivity index (χ4v) is 3.07. The molecule has 1 fully saturated rings. The van der Waals surface area contributed by atoms with Gasteiger partial charge < -0.3 is 10.2 Å². The largest absolute Gasteiger partial charge is 0.343 e. The van der Waals surface area contributed by atoms with Gasteiger partial charge >= 0.3 is 0 Å². The number of nitrogens with one attached hydrogen (secondary N) is 1. The van der Waals surface area contributed by atoms with E-state index in [2.05, 4.69) is 5.32 Å². The quantitative estimate of drug-likeness (QED) is 0.919. The average molecular weight is 287 g/mol. The number of hydrogen-bond donors (Lipinski definition) is 1. The highest BCUT2D eigenvalue weighted by Gasteiger charge is 2.35. The average Bonchev–Trinajstić information content (AvgIpc) is 2.73. The molecule has 2 amide bonds. The van der Waals surface area contributed by atoms with Gasteiger partial charge in [-0.3, -0.25) is 9.59 Å². The number of carbonyl (C=O) groups excluding carboxylic acids is 2. The highest BCUT2D eigenvalue weighted by molar-refractivity contribution is 7.16. The third kappa shape index (κ3) is 2.67. The number of hydrogen-bond acceptors (Lipinski definition) is 3. The van der Waals surface area contributed by atoms with Gasteiger partial charge in [-0.1, -0.05) is 11.6 Å². The maximum atomic E-state index is 12.0. The van der Waals surface area contributed by atoms with Crippen LogP contribution in [0.25, 0.3) is 0 Å². The van der Waals surface area contributed by atoms with Crippen LogP contribution in [-0.2, 0) is 16.0 Å². The van der Waals surface area contributed by atoms with Crippen LogP contribution in [0.1, 0.15) is 18.7 Å². The first kappa shape index (κ1) is 13.4. The highest BCUT2D eigenvalue weighted by Crippen LogP contribution is 2.22. The number of thiophene rings is 1. The molecule has 2 heterocycles. The zero-order valence-electron chi connectivity index (χ0n) is 10.3. The van der Waals surface area contributed by atoms with Gasteiger partial charge in [-0.25, -0.2) is 0 Å². The van der Waals surface area contributed by atoms with E-state index in [1.165, 1.54) is 11.3 Å². The van der Waals surface area contributed by atoms with E-state index in [-0.39, 0.29) is 11.8 Å². The summed E-state index contributed by atoms with van der Waals surface area (Å²) in [5.74, 6) is -0.115. The number of rotatable bonds is 3. The predicted octanol–water partition coefficient (Wildman–Crippen LogP) is 1.68. The number of piperazine rings is 1. The zero-order valence-corrected chi connectivity index (χ0v) is 11.8. The molecule has 4 nitrogen and oxygen atoms in total. The minimum absolute atomic E-state index is 0.0234. The van der Waals surface area contributed by atoms with E-state index >= 15 is 0 Å². The second-order valence-corrected chi connectivity index (χ2v) is 6.19. The van der Waals surface area contributed by atoms with E-state index < -0.39 is 12.1 Å². The molecular formula is C12H15ClN2O2S. The van der Waals surface area contributed by atoms with Gasteiger partial charge in [0.1, 0.15) is 12.1 Å². The van der Waals surface area contributed by atoms with Gasteiger partial charge in [0.05, 0.1) is 4.34 Å². The molecular weight excluding hydrogens is 272 g/mol.